The highest BCUT2D eigenvalue weighted by Crippen LogP contribution is 2.21. The predicted molar refractivity (Wildman–Crippen MR) is 102 cm³/mol. The van der Waals surface area contributed by atoms with E-state index >= 15 is 0 Å². The summed E-state index contributed by atoms with van der Waals surface area (Å²) in [6.07, 6.45) is -0.809. The quantitative estimate of drug-likeness (QED) is 0.799. The average Bonchev–Trinajstić information content (AvgIpc) is 2.63. The Balaban J connectivity index is 1.93. The zero-order chi connectivity index (χ0) is 19.3. The van der Waals surface area contributed by atoms with Crippen LogP contribution in [0.5, 0.6) is 11.5 Å². The summed E-state index contributed by atoms with van der Waals surface area (Å²) in [6.45, 7) is 8.08. The topological polar surface area (TPSA) is 67.8 Å². The van der Waals surface area contributed by atoms with Crippen LogP contribution in [0.15, 0.2) is 30.3 Å². The number of methoxy groups -OCH3 is 1. The summed E-state index contributed by atoms with van der Waals surface area (Å²) in [5.41, 5.74) is 4.78. The van der Waals surface area contributed by atoms with Crippen molar-refractivity contribution in [3.05, 3.63) is 58.1 Å². The molecule has 0 aliphatic rings. The van der Waals surface area contributed by atoms with Crippen molar-refractivity contribution in [2.45, 2.75) is 33.8 Å². The van der Waals surface area contributed by atoms with E-state index in [0.29, 0.717) is 17.1 Å². The summed E-state index contributed by atoms with van der Waals surface area (Å²) in [6, 6.07) is 9.24. The number of carbonyl (C=O) groups is 1. The van der Waals surface area contributed by atoms with E-state index in [1.165, 1.54) is 0 Å². The molecule has 0 fully saturated rings. The molecule has 0 heterocycles. The van der Waals surface area contributed by atoms with Gasteiger partial charge in [0, 0.05) is 18.2 Å². The van der Waals surface area contributed by atoms with Gasteiger partial charge in [0.05, 0.1) is 7.11 Å². The Bertz CT molecular complexity index is 760. The van der Waals surface area contributed by atoms with Gasteiger partial charge in [-0.1, -0.05) is 12.1 Å². The summed E-state index contributed by atoms with van der Waals surface area (Å²) >= 11 is 0. The smallest absolute Gasteiger partial charge is 0.251 e. The van der Waals surface area contributed by atoms with Crippen LogP contribution < -0.4 is 14.8 Å². The molecule has 1 amide bonds. The predicted octanol–water partition coefficient (Wildman–Crippen LogP) is 3.10. The van der Waals surface area contributed by atoms with Gasteiger partial charge in [-0.2, -0.15) is 0 Å². The largest absolute Gasteiger partial charge is 0.497 e. The van der Waals surface area contributed by atoms with Gasteiger partial charge in [0.25, 0.3) is 5.91 Å². The highest BCUT2D eigenvalue weighted by molar-refractivity contribution is 5.97. The van der Waals surface area contributed by atoms with Gasteiger partial charge in [-0.05, 0) is 62.1 Å². The molecule has 2 aromatic carbocycles. The van der Waals surface area contributed by atoms with Crippen LogP contribution in [0.4, 0.5) is 0 Å². The van der Waals surface area contributed by atoms with E-state index in [-0.39, 0.29) is 19.1 Å². The molecule has 0 radical (unpaired) electrons. The number of carbonyl (C=O) groups excluding carboxylic acids is 1. The lowest BCUT2D eigenvalue weighted by molar-refractivity contribution is 0.0842. The normalized spacial score (nSPS) is 11.8. The molecule has 0 saturated heterocycles. The molecule has 2 rings (SSSR count). The third-order valence-electron chi connectivity index (χ3n) is 4.57. The van der Waals surface area contributed by atoms with Gasteiger partial charge < -0.3 is 19.9 Å². The molecule has 0 unspecified atom stereocenters. The Kier molecular flexibility index (Phi) is 6.64. The van der Waals surface area contributed by atoms with E-state index in [2.05, 4.69) is 11.4 Å². The van der Waals surface area contributed by atoms with E-state index in [0.717, 1.165) is 22.3 Å². The van der Waals surface area contributed by atoms with E-state index in [1.807, 2.05) is 39.8 Å². The van der Waals surface area contributed by atoms with Gasteiger partial charge in [0.15, 0.2) is 0 Å². The second-order valence-corrected chi connectivity index (χ2v) is 6.49. The highest BCUT2D eigenvalue weighted by atomic mass is 16.5. The van der Waals surface area contributed by atoms with Gasteiger partial charge in [-0.25, -0.2) is 0 Å². The number of aliphatic hydroxyl groups excluding tert-OH is 1. The van der Waals surface area contributed by atoms with Gasteiger partial charge in [-0.15, -0.1) is 0 Å². The molecule has 0 bridgehead atoms. The summed E-state index contributed by atoms with van der Waals surface area (Å²) in [4.78, 5) is 12.6. The van der Waals surface area contributed by atoms with Crippen molar-refractivity contribution >= 4 is 5.91 Å². The molecule has 0 spiro atoms. The molecule has 0 aliphatic heterocycles. The maximum Gasteiger partial charge on any atom is 0.251 e. The molecule has 5 heteroatoms. The van der Waals surface area contributed by atoms with E-state index in [9.17, 15) is 9.90 Å². The van der Waals surface area contributed by atoms with E-state index < -0.39 is 6.10 Å². The molecule has 2 aromatic rings. The Labute approximate surface area is 155 Å². The fourth-order valence-corrected chi connectivity index (χ4v) is 2.80. The van der Waals surface area contributed by atoms with Gasteiger partial charge in [0.2, 0.25) is 0 Å². The number of benzene rings is 2. The van der Waals surface area contributed by atoms with Crippen molar-refractivity contribution < 1.29 is 19.4 Å². The van der Waals surface area contributed by atoms with Crippen LogP contribution in [-0.2, 0) is 0 Å². The van der Waals surface area contributed by atoms with Crippen LogP contribution >= 0.6 is 0 Å². The third kappa shape index (κ3) is 4.76. The number of rotatable bonds is 7. The van der Waals surface area contributed by atoms with Crippen LogP contribution in [0.2, 0.25) is 0 Å². The summed E-state index contributed by atoms with van der Waals surface area (Å²) in [5, 5.41) is 12.9. The Morgan fingerprint density at radius 2 is 1.69 bits per heavy atom. The molecular weight excluding hydrogens is 330 g/mol. The van der Waals surface area contributed by atoms with Crippen molar-refractivity contribution in [2.75, 3.05) is 20.3 Å². The lowest BCUT2D eigenvalue weighted by Crippen LogP contribution is -2.36. The molecule has 1 atom stereocenters. The second kappa shape index (κ2) is 8.72. The van der Waals surface area contributed by atoms with Crippen molar-refractivity contribution in [3.63, 3.8) is 0 Å². The highest BCUT2D eigenvalue weighted by Gasteiger charge is 2.17. The van der Waals surface area contributed by atoms with Crippen LogP contribution in [-0.4, -0.2) is 37.4 Å². The fraction of sp³-hybridized carbons (Fsp3) is 0.381. The lowest BCUT2D eigenvalue weighted by atomic mass is 9.94. The molecule has 2 N–H and O–H groups in total. The number of aryl methyl sites for hydroxylation is 2. The summed E-state index contributed by atoms with van der Waals surface area (Å²) in [5.74, 6) is 1.12. The molecule has 0 aliphatic carbocycles. The minimum Gasteiger partial charge on any atom is -0.497 e. The number of ether oxygens (including phenoxy) is 2. The molecule has 0 aromatic heterocycles. The first kappa shape index (κ1) is 19.8. The third-order valence-corrected chi connectivity index (χ3v) is 4.57. The molecule has 26 heavy (non-hydrogen) atoms. The maximum absolute atomic E-state index is 12.6. The summed E-state index contributed by atoms with van der Waals surface area (Å²) in [7, 11) is 1.58. The first-order chi connectivity index (χ1) is 12.3. The first-order valence-corrected chi connectivity index (χ1v) is 8.64. The van der Waals surface area contributed by atoms with Gasteiger partial charge >= 0.3 is 0 Å². The lowest BCUT2D eigenvalue weighted by Gasteiger charge is -2.17. The van der Waals surface area contributed by atoms with Gasteiger partial charge in [0.1, 0.15) is 24.2 Å². The number of aliphatic hydroxyl groups is 1. The van der Waals surface area contributed by atoms with Crippen LogP contribution in [0, 0.1) is 27.7 Å². The number of hydrogen-bond donors (Lipinski definition) is 2. The first-order valence-electron chi connectivity index (χ1n) is 8.64. The maximum atomic E-state index is 12.6. The zero-order valence-electron chi connectivity index (χ0n) is 16.1. The van der Waals surface area contributed by atoms with Gasteiger partial charge in [-0.3, -0.25) is 4.79 Å². The van der Waals surface area contributed by atoms with Crippen LogP contribution in [0.1, 0.15) is 32.6 Å². The van der Waals surface area contributed by atoms with Crippen LogP contribution in [0.3, 0.4) is 0 Å². The average molecular weight is 357 g/mol. The standard InChI is InChI=1S/C21H27NO4/c1-13-9-14(2)16(4)20(15(13)3)21(24)22-11-17(23)12-26-19-8-6-7-18(10-19)25-5/h6-10,17,23H,11-12H2,1-5H3,(H,22,24)/t17-/m1/s1. The molecule has 5 nitrogen and oxygen atoms in total. The number of amides is 1. The number of hydrogen-bond acceptors (Lipinski definition) is 4. The van der Waals surface area contributed by atoms with E-state index in [4.69, 9.17) is 9.47 Å². The Morgan fingerprint density at radius 3 is 2.31 bits per heavy atom. The number of nitrogens with one attached hydrogen (secondary N) is 1. The van der Waals surface area contributed by atoms with Crippen molar-refractivity contribution in [3.8, 4) is 11.5 Å². The Morgan fingerprint density at radius 1 is 1.08 bits per heavy atom. The molecule has 0 saturated carbocycles. The molecule has 140 valence electrons. The summed E-state index contributed by atoms with van der Waals surface area (Å²) < 4.78 is 10.7. The minimum absolute atomic E-state index is 0.0816. The minimum atomic E-state index is -0.809. The fourth-order valence-electron chi connectivity index (χ4n) is 2.80. The van der Waals surface area contributed by atoms with Crippen LogP contribution in [0.25, 0.3) is 0 Å². The zero-order valence-corrected chi connectivity index (χ0v) is 16.1. The van der Waals surface area contributed by atoms with Crippen molar-refractivity contribution in [2.24, 2.45) is 0 Å². The SMILES string of the molecule is COc1cccc(OC[C@H](O)CNC(=O)c2c(C)c(C)cc(C)c2C)c1. The second-order valence-electron chi connectivity index (χ2n) is 6.49. The monoisotopic (exact) mass is 357 g/mol. The van der Waals surface area contributed by atoms with E-state index in [1.54, 1.807) is 19.2 Å². The van der Waals surface area contributed by atoms with Crippen molar-refractivity contribution in [1.29, 1.82) is 0 Å². The Hall–Kier alpha value is -2.53. The van der Waals surface area contributed by atoms with Crippen molar-refractivity contribution in [1.82, 2.24) is 5.32 Å². The molecular formula is C21H27NO4.